The summed E-state index contributed by atoms with van der Waals surface area (Å²) in [6.07, 6.45) is 5.51. The Morgan fingerprint density at radius 1 is 1.30 bits per heavy atom. The quantitative estimate of drug-likeness (QED) is 0.841. The number of nitrogens with zero attached hydrogens (tertiary/aromatic N) is 3. The number of aliphatic hydroxyl groups is 1. The van der Waals surface area contributed by atoms with Crippen molar-refractivity contribution in [2.24, 2.45) is 5.10 Å². The maximum atomic E-state index is 12.1. The normalized spacial score (nSPS) is 20.7. The van der Waals surface area contributed by atoms with Gasteiger partial charge in [-0.3, -0.25) is 5.43 Å². The van der Waals surface area contributed by atoms with Crippen LogP contribution in [0.15, 0.2) is 35.6 Å². The lowest BCUT2D eigenvalue weighted by atomic mass is 10.1. The number of carbonyl (C=O) groups is 1. The third-order valence-electron chi connectivity index (χ3n) is 4.17. The van der Waals surface area contributed by atoms with E-state index in [0.29, 0.717) is 24.7 Å². The predicted molar refractivity (Wildman–Crippen MR) is 101 cm³/mol. The lowest BCUT2D eigenvalue weighted by Gasteiger charge is -2.33. The average Bonchev–Trinajstić information content (AvgIpc) is 2.62. The number of allylic oxidation sites excluding steroid dienone is 1. The molecule has 8 nitrogen and oxygen atoms in total. The van der Waals surface area contributed by atoms with Gasteiger partial charge in [0.25, 0.3) is 0 Å². The molecule has 2 aliphatic rings. The number of ether oxygens (including phenoxy) is 2. The number of pyridine rings is 1. The van der Waals surface area contributed by atoms with Crippen LogP contribution in [-0.2, 0) is 4.74 Å². The summed E-state index contributed by atoms with van der Waals surface area (Å²) in [6, 6.07) is 3.68. The molecule has 2 N–H and O–H groups in total. The molecule has 1 aromatic rings. The van der Waals surface area contributed by atoms with E-state index in [9.17, 15) is 9.90 Å². The Hall–Kier alpha value is -2.61. The van der Waals surface area contributed by atoms with Crippen LogP contribution in [0.2, 0.25) is 0 Å². The summed E-state index contributed by atoms with van der Waals surface area (Å²) < 4.78 is 11.3. The summed E-state index contributed by atoms with van der Waals surface area (Å²) in [5.41, 5.74) is 3.64. The summed E-state index contributed by atoms with van der Waals surface area (Å²) in [7, 11) is 0. The standard InChI is InChI=1S/C19H26N4O4/c1-19(2,3)27-18(25)23-10-8-14(9-11-23)26-17-7-4-13(12-20-17)15-5-6-16(24)22-21-15/h4-7,12,14,16,22,24H,8-11H2,1-3H3. The Morgan fingerprint density at radius 3 is 2.59 bits per heavy atom. The van der Waals surface area contributed by atoms with Gasteiger partial charge in [-0.1, -0.05) is 0 Å². The molecule has 0 bridgehead atoms. The molecule has 1 unspecified atom stereocenters. The highest BCUT2D eigenvalue weighted by atomic mass is 16.6. The van der Waals surface area contributed by atoms with Gasteiger partial charge in [0, 0.05) is 43.8 Å². The molecule has 3 heterocycles. The van der Waals surface area contributed by atoms with Crippen molar-refractivity contribution in [1.29, 1.82) is 0 Å². The van der Waals surface area contributed by atoms with E-state index >= 15 is 0 Å². The third-order valence-corrected chi connectivity index (χ3v) is 4.17. The van der Waals surface area contributed by atoms with E-state index in [4.69, 9.17) is 9.47 Å². The zero-order valence-corrected chi connectivity index (χ0v) is 15.9. The molecule has 0 aliphatic carbocycles. The van der Waals surface area contributed by atoms with Gasteiger partial charge in [0.2, 0.25) is 5.88 Å². The third kappa shape index (κ3) is 5.43. The van der Waals surface area contributed by atoms with Crippen molar-refractivity contribution < 1.29 is 19.4 Å². The van der Waals surface area contributed by atoms with Gasteiger partial charge in [-0.2, -0.15) is 5.10 Å². The molecule has 146 valence electrons. The fourth-order valence-electron chi connectivity index (χ4n) is 2.81. The first-order chi connectivity index (χ1) is 12.8. The summed E-state index contributed by atoms with van der Waals surface area (Å²) >= 11 is 0. The minimum Gasteiger partial charge on any atom is -0.474 e. The molecule has 1 aromatic heterocycles. The summed E-state index contributed by atoms with van der Waals surface area (Å²) in [5.74, 6) is 0.544. The van der Waals surface area contributed by atoms with Crippen LogP contribution in [0.1, 0.15) is 39.2 Å². The van der Waals surface area contributed by atoms with E-state index < -0.39 is 11.8 Å². The van der Waals surface area contributed by atoms with Crippen LogP contribution in [-0.4, -0.2) is 57.8 Å². The lowest BCUT2D eigenvalue weighted by Crippen LogP contribution is -2.44. The fourth-order valence-corrected chi connectivity index (χ4v) is 2.81. The maximum Gasteiger partial charge on any atom is 0.410 e. The molecule has 2 aliphatic heterocycles. The number of aromatic nitrogens is 1. The number of hydrazone groups is 1. The van der Waals surface area contributed by atoms with E-state index in [1.165, 1.54) is 0 Å². The SMILES string of the molecule is CC(C)(C)OC(=O)N1CCC(Oc2ccc(C3=NNC(O)C=C3)cn2)CC1. The Labute approximate surface area is 158 Å². The molecule has 0 radical (unpaired) electrons. The second-order valence-electron chi connectivity index (χ2n) is 7.60. The van der Waals surface area contributed by atoms with Crippen LogP contribution in [0.4, 0.5) is 4.79 Å². The number of amides is 1. The molecule has 0 spiro atoms. The van der Waals surface area contributed by atoms with Crippen molar-refractivity contribution in [3.05, 3.63) is 36.0 Å². The summed E-state index contributed by atoms with van der Waals surface area (Å²) in [4.78, 5) is 18.2. The van der Waals surface area contributed by atoms with E-state index in [0.717, 1.165) is 18.4 Å². The molecule has 0 aromatic carbocycles. The van der Waals surface area contributed by atoms with Gasteiger partial charge in [-0.25, -0.2) is 9.78 Å². The number of carbonyl (C=O) groups excluding carboxylic acids is 1. The van der Waals surface area contributed by atoms with E-state index in [1.54, 1.807) is 29.3 Å². The first-order valence-corrected chi connectivity index (χ1v) is 9.11. The molecule has 1 fully saturated rings. The Morgan fingerprint density at radius 2 is 2.04 bits per heavy atom. The highest BCUT2D eigenvalue weighted by molar-refractivity contribution is 6.08. The Kier molecular flexibility index (Phi) is 5.65. The zero-order valence-electron chi connectivity index (χ0n) is 15.9. The van der Waals surface area contributed by atoms with Crippen molar-refractivity contribution in [2.45, 2.75) is 51.5 Å². The second-order valence-corrected chi connectivity index (χ2v) is 7.60. The topological polar surface area (TPSA) is 96.3 Å². The van der Waals surface area contributed by atoms with Gasteiger partial charge in [0.05, 0.1) is 5.71 Å². The van der Waals surface area contributed by atoms with Crippen LogP contribution >= 0.6 is 0 Å². The molecule has 1 amide bonds. The molecule has 27 heavy (non-hydrogen) atoms. The number of rotatable bonds is 3. The minimum atomic E-state index is -0.754. The maximum absolute atomic E-state index is 12.1. The largest absolute Gasteiger partial charge is 0.474 e. The van der Waals surface area contributed by atoms with Gasteiger partial charge in [0.15, 0.2) is 6.23 Å². The zero-order chi connectivity index (χ0) is 19.4. The van der Waals surface area contributed by atoms with Crippen molar-refractivity contribution in [1.82, 2.24) is 15.3 Å². The predicted octanol–water partition coefficient (Wildman–Crippen LogP) is 2.04. The summed E-state index contributed by atoms with van der Waals surface area (Å²) in [5, 5.41) is 13.4. The average molecular weight is 374 g/mol. The number of hydrogen-bond donors (Lipinski definition) is 2. The lowest BCUT2D eigenvalue weighted by molar-refractivity contribution is 0.0123. The van der Waals surface area contributed by atoms with Gasteiger partial charge in [-0.15, -0.1) is 0 Å². The highest BCUT2D eigenvalue weighted by Gasteiger charge is 2.27. The van der Waals surface area contributed by atoms with Crippen molar-refractivity contribution >= 4 is 11.8 Å². The Bertz CT molecular complexity index is 716. The summed E-state index contributed by atoms with van der Waals surface area (Å²) in [6.45, 7) is 6.80. The molecule has 1 atom stereocenters. The van der Waals surface area contributed by atoms with Gasteiger partial charge >= 0.3 is 6.09 Å². The van der Waals surface area contributed by atoms with Crippen molar-refractivity contribution in [2.75, 3.05) is 13.1 Å². The highest BCUT2D eigenvalue weighted by Crippen LogP contribution is 2.20. The molecule has 1 saturated heterocycles. The molecular weight excluding hydrogens is 348 g/mol. The molecule has 3 rings (SSSR count). The number of piperidine rings is 1. The van der Waals surface area contributed by atoms with Crippen LogP contribution in [0, 0.1) is 0 Å². The van der Waals surface area contributed by atoms with Crippen LogP contribution in [0.3, 0.4) is 0 Å². The van der Waals surface area contributed by atoms with Gasteiger partial charge in [-0.05, 0) is 39.0 Å². The molecule has 0 saturated carbocycles. The Balaban J connectivity index is 1.49. The number of aliphatic hydroxyl groups excluding tert-OH is 1. The van der Waals surface area contributed by atoms with Gasteiger partial charge in [0.1, 0.15) is 11.7 Å². The van der Waals surface area contributed by atoms with Crippen LogP contribution in [0.25, 0.3) is 0 Å². The monoisotopic (exact) mass is 374 g/mol. The fraction of sp³-hybridized carbons (Fsp3) is 0.526. The van der Waals surface area contributed by atoms with E-state index in [-0.39, 0.29) is 12.2 Å². The number of nitrogens with one attached hydrogen (secondary N) is 1. The second kappa shape index (κ2) is 7.96. The first kappa shape index (κ1) is 19.2. The van der Waals surface area contributed by atoms with Crippen LogP contribution in [0.5, 0.6) is 5.88 Å². The van der Waals surface area contributed by atoms with Gasteiger partial charge < -0.3 is 19.5 Å². The number of likely N-dealkylation sites (tertiary alicyclic amines) is 1. The van der Waals surface area contributed by atoms with E-state index in [2.05, 4.69) is 15.5 Å². The first-order valence-electron chi connectivity index (χ1n) is 9.11. The number of hydrogen-bond acceptors (Lipinski definition) is 7. The van der Waals surface area contributed by atoms with E-state index in [1.807, 2.05) is 26.8 Å². The smallest absolute Gasteiger partial charge is 0.410 e. The molecule has 8 heteroatoms. The van der Waals surface area contributed by atoms with Crippen LogP contribution < -0.4 is 10.2 Å². The van der Waals surface area contributed by atoms with Crippen molar-refractivity contribution in [3.8, 4) is 5.88 Å². The molecular formula is C19H26N4O4. The van der Waals surface area contributed by atoms with Crippen molar-refractivity contribution in [3.63, 3.8) is 0 Å². The minimum absolute atomic E-state index is 0.0192.